The number of halogens is 1. The van der Waals surface area contributed by atoms with Crippen LogP contribution in [0.1, 0.15) is 32.3 Å². The summed E-state index contributed by atoms with van der Waals surface area (Å²) in [7, 11) is 3.46. The zero-order chi connectivity index (χ0) is 21.8. The lowest BCUT2D eigenvalue weighted by Gasteiger charge is -2.37. The molecule has 2 fully saturated rings. The van der Waals surface area contributed by atoms with Crippen molar-refractivity contribution in [1.29, 1.82) is 0 Å². The smallest absolute Gasteiger partial charge is 0.319 e. The number of hydrogen-bond donors (Lipinski definition) is 1. The van der Waals surface area contributed by atoms with Crippen molar-refractivity contribution in [1.82, 2.24) is 15.1 Å². The Morgan fingerprint density at radius 1 is 1.17 bits per heavy atom. The van der Waals surface area contributed by atoms with E-state index in [4.69, 9.17) is 4.74 Å². The van der Waals surface area contributed by atoms with E-state index in [0.29, 0.717) is 51.3 Å². The second-order valence-electron chi connectivity index (χ2n) is 8.60. The molecule has 8 heteroatoms. The van der Waals surface area contributed by atoms with E-state index in [9.17, 15) is 14.0 Å². The predicted octanol–water partition coefficient (Wildman–Crippen LogP) is 2.45. The molecule has 30 heavy (non-hydrogen) atoms. The van der Waals surface area contributed by atoms with Gasteiger partial charge in [-0.2, -0.15) is 0 Å². The van der Waals surface area contributed by atoms with Gasteiger partial charge in [-0.05, 0) is 44.4 Å². The Labute approximate surface area is 178 Å². The first-order valence-electron chi connectivity index (χ1n) is 10.7. The van der Waals surface area contributed by atoms with Crippen molar-refractivity contribution in [2.75, 3.05) is 45.2 Å². The standard InChI is InChI=1S/C22H33FN4O3/c1-15-13-27(14-16(2)30-15)20-6-5-17(11-19(20)23)12-24-21(28)18-7-9-26(10-8-18)22(29)25(3)4/h5-6,11,15-16,18H,7-10,12-14H2,1-4H3,(H,24,28). The lowest BCUT2D eigenvalue weighted by atomic mass is 9.96. The number of likely N-dealkylation sites (tertiary alicyclic amines) is 1. The molecule has 1 aromatic rings. The molecule has 7 nitrogen and oxygen atoms in total. The van der Waals surface area contributed by atoms with Crippen LogP contribution in [-0.4, -0.2) is 74.2 Å². The van der Waals surface area contributed by atoms with Crippen LogP contribution in [0.25, 0.3) is 0 Å². The lowest BCUT2D eigenvalue weighted by molar-refractivity contribution is -0.126. The van der Waals surface area contributed by atoms with Gasteiger partial charge < -0.3 is 24.8 Å². The third-order valence-corrected chi connectivity index (χ3v) is 5.76. The predicted molar refractivity (Wildman–Crippen MR) is 114 cm³/mol. The van der Waals surface area contributed by atoms with Gasteiger partial charge in [0, 0.05) is 52.7 Å². The number of morpholine rings is 1. The number of nitrogens with one attached hydrogen (secondary N) is 1. The number of nitrogens with zero attached hydrogens (tertiary/aromatic N) is 3. The number of ether oxygens (including phenoxy) is 1. The van der Waals surface area contributed by atoms with Crippen molar-refractivity contribution < 1.29 is 18.7 Å². The Morgan fingerprint density at radius 2 is 1.80 bits per heavy atom. The molecule has 2 heterocycles. The molecule has 3 amide bonds. The number of carbonyl (C=O) groups excluding carboxylic acids is 2. The number of benzene rings is 1. The van der Waals surface area contributed by atoms with Gasteiger partial charge >= 0.3 is 6.03 Å². The van der Waals surface area contributed by atoms with Gasteiger partial charge in [-0.15, -0.1) is 0 Å². The van der Waals surface area contributed by atoms with E-state index < -0.39 is 0 Å². The van der Waals surface area contributed by atoms with Crippen LogP contribution in [-0.2, 0) is 16.1 Å². The molecule has 0 saturated carbocycles. The van der Waals surface area contributed by atoms with Gasteiger partial charge in [0.15, 0.2) is 0 Å². The third-order valence-electron chi connectivity index (χ3n) is 5.76. The lowest BCUT2D eigenvalue weighted by Crippen LogP contribution is -2.46. The molecule has 2 unspecified atom stereocenters. The summed E-state index contributed by atoms with van der Waals surface area (Å²) in [5.74, 6) is -0.428. The van der Waals surface area contributed by atoms with E-state index in [2.05, 4.69) is 5.32 Å². The summed E-state index contributed by atoms with van der Waals surface area (Å²) in [6.45, 7) is 6.75. The zero-order valence-electron chi connectivity index (χ0n) is 18.4. The summed E-state index contributed by atoms with van der Waals surface area (Å²) in [4.78, 5) is 29.8. The highest BCUT2D eigenvalue weighted by molar-refractivity contribution is 5.79. The fourth-order valence-corrected chi connectivity index (χ4v) is 4.24. The molecule has 0 spiro atoms. The highest BCUT2D eigenvalue weighted by Gasteiger charge is 2.28. The summed E-state index contributed by atoms with van der Waals surface area (Å²) in [6.07, 6.45) is 1.41. The summed E-state index contributed by atoms with van der Waals surface area (Å²) in [5.41, 5.74) is 1.31. The van der Waals surface area contributed by atoms with Gasteiger partial charge in [0.1, 0.15) is 5.82 Å². The minimum Gasteiger partial charge on any atom is -0.372 e. The van der Waals surface area contributed by atoms with Crippen molar-refractivity contribution >= 4 is 17.6 Å². The average Bonchev–Trinajstić information content (AvgIpc) is 2.70. The molecule has 166 valence electrons. The highest BCUT2D eigenvalue weighted by Crippen LogP contribution is 2.25. The van der Waals surface area contributed by atoms with Crippen LogP contribution in [0.3, 0.4) is 0 Å². The second kappa shape index (κ2) is 9.64. The molecule has 2 atom stereocenters. The maximum Gasteiger partial charge on any atom is 0.319 e. The van der Waals surface area contributed by atoms with E-state index in [1.807, 2.05) is 24.8 Å². The van der Waals surface area contributed by atoms with E-state index in [1.165, 1.54) is 6.07 Å². The summed E-state index contributed by atoms with van der Waals surface area (Å²) < 4.78 is 20.4. The molecule has 0 aromatic heterocycles. The van der Waals surface area contributed by atoms with Crippen LogP contribution < -0.4 is 10.2 Å². The SMILES string of the molecule is CC1CN(c2ccc(CNC(=O)C3CCN(C(=O)N(C)C)CC3)cc2F)CC(C)O1. The number of urea groups is 1. The normalized spacial score (nSPS) is 22.7. The first kappa shape index (κ1) is 22.3. The van der Waals surface area contributed by atoms with Crippen LogP contribution in [0, 0.1) is 11.7 Å². The Morgan fingerprint density at radius 3 is 2.37 bits per heavy atom. The van der Waals surface area contributed by atoms with E-state index in [0.717, 1.165) is 5.56 Å². The molecular formula is C22H33FN4O3. The Kier molecular flexibility index (Phi) is 7.18. The number of carbonyl (C=O) groups is 2. The number of amides is 3. The van der Waals surface area contributed by atoms with E-state index >= 15 is 0 Å². The molecule has 0 bridgehead atoms. The maximum atomic E-state index is 14.7. The number of hydrogen-bond acceptors (Lipinski definition) is 4. The van der Waals surface area contributed by atoms with Crippen molar-refractivity contribution in [3.8, 4) is 0 Å². The molecule has 3 rings (SSSR count). The number of piperidine rings is 1. The Hall–Kier alpha value is -2.35. The Bertz CT molecular complexity index is 755. The maximum absolute atomic E-state index is 14.7. The van der Waals surface area contributed by atoms with Gasteiger partial charge in [0.2, 0.25) is 5.91 Å². The molecular weight excluding hydrogens is 387 g/mol. The topological polar surface area (TPSA) is 65.1 Å². The summed E-state index contributed by atoms with van der Waals surface area (Å²) >= 11 is 0. The second-order valence-corrected chi connectivity index (χ2v) is 8.60. The van der Waals surface area contributed by atoms with Crippen LogP contribution in [0.2, 0.25) is 0 Å². The Balaban J connectivity index is 1.51. The van der Waals surface area contributed by atoms with E-state index in [1.54, 1.807) is 30.0 Å². The third kappa shape index (κ3) is 5.41. The minimum absolute atomic E-state index is 0.0199. The van der Waals surface area contributed by atoms with Gasteiger partial charge in [0.25, 0.3) is 0 Å². The van der Waals surface area contributed by atoms with Crippen LogP contribution in [0.4, 0.5) is 14.9 Å². The first-order chi connectivity index (χ1) is 14.2. The summed E-state index contributed by atoms with van der Waals surface area (Å²) in [6, 6.07) is 5.13. The van der Waals surface area contributed by atoms with Gasteiger partial charge in [-0.25, -0.2) is 9.18 Å². The fraction of sp³-hybridized carbons (Fsp3) is 0.636. The molecule has 1 aromatic carbocycles. The number of rotatable bonds is 4. The molecule has 2 saturated heterocycles. The monoisotopic (exact) mass is 420 g/mol. The highest BCUT2D eigenvalue weighted by atomic mass is 19.1. The van der Waals surface area contributed by atoms with Crippen molar-refractivity contribution in [2.24, 2.45) is 5.92 Å². The minimum atomic E-state index is -0.279. The molecule has 1 N–H and O–H groups in total. The van der Waals surface area contributed by atoms with Crippen LogP contribution >= 0.6 is 0 Å². The van der Waals surface area contributed by atoms with Crippen LogP contribution in [0.15, 0.2) is 18.2 Å². The van der Waals surface area contributed by atoms with Crippen molar-refractivity contribution in [3.05, 3.63) is 29.6 Å². The number of anilines is 1. The quantitative estimate of drug-likeness (QED) is 0.813. The van der Waals surface area contributed by atoms with Gasteiger partial charge in [0.05, 0.1) is 17.9 Å². The van der Waals surface area contributed by atoms with Gasteiger partial charge in [-0.1, -0.05) is 6.07 Å². The van der Waals surface area contributed by atoms with Gasteiger partial charge in [-0.3, -0.25) is 4.79 Å². The van der Waals surface area contributed by atoms with Crippen LogP contribution in [0.5, 0.6) is 0 Å². The average molecular weight is 421 g/mol. The molecule has 2 aliphatic heterocycles. The first-order valence-corrected chi connectivity index (χ1v) is 10.7. The molecule has 0 aliphatic carbocycles. The van der Waals surface area contributed by atoms with E-state index in [-0.39, 0.29) is 35.9 Å². The largest absolute Gasteiger partial charge is 0.372 e. The fourth-order valence-electron chi connectivity index (χ4n) is 4.24. The summed E-state index contributed by atoms with van der Waals surface area (Å²) in [5, 5.41) is 2.92. The molecule has 2 aliphatic rings. The zero-order valence-corrected chi connectivity index (χ0v) is 18.4. The van der Waals surface area contributed by atoms with Crippen molar-refractivity contribution in [2.45, 2.75) is 45.4 Å². The molecule has 0 radical (unpaired) electrons. The van der Waals surface area contributed by atoms with Crippen molar-refractivity contribution in [3.63, 3.8) is 0 Å².